The zero-order chi connectivity index (χ0) is 29.1. The van der Waals surface area contributed by atoms with Crippen molar-refractivity contribution in [2.45, 2.75) is 70.8 Å². The van der Waals surface area contributed by atoms with Gasteiger partial charge in [0.15, 0.2) is 0 Å². The van der Waals surface area contributed by atoms with Crippen LogP contribution in [0.5, 0.6) is 0 Å². The second-order valence-corrected chi connectivity index (χ2v) is 12.8. The number of nitrogens with zero attached hydrogens (tertiary/aromatic N) is 3. The summed E-state index contributed by atoms with van der Waals surface area (Å²) in [6.45, 7) is 10.9. The first-order chi connectivity index (χ1) is 20.5. The lowest BCUT2D eigenvalue weighted by Crippen LogP contribution is -2.31. The molecule has 6 heteroatoms. The van der Waals surface area contributed by atoms with E-state index in [0.29, 0.717) is 12.0 Å². The Bertz CT molecular complexity index is 1560. The first-order valence-electron chi connectivity index (χ1n) is 15.3. The van der Waals surface area contributed by atoms with Crippen molar-refractivity contribution in [2.24, 2.45) is 0 Å². The molecule has 0 amide bonds. The summed E-state index contributed by atoms with van der Waals surface area (Å²) in [6, 6.07) is 19.6. The molecular formula is C36H41N5S. The molecule has 0 atom stereocenters. The maximum Gasteiger partial charge on any atom is 0.227 e. The summed E-state index contributed by atoms with van der Waals surface area (Å²) >= 11 is 1.88. The molecule has 0 aliphatic heterocycles. The third-order valence-electron chi connectivity index (χ3n) is 8.87. The van der Waals surface area contributed by atoms with Gasteiger partial charge >= 0.3 is 0 Å². The molecule has 2 N–H and O–H groups in total. The Kier molecular flexibility index (Phi) is 8.43. The van der Waals surface area contributed by atoms with Crippen LogP contribution in [-0.2, 0) is 12.8 Å². The number of nitrogens with one attached hydrogen (secondary N) is 2. The van der Waals surface area contributed by atoms with Crippen LogP contribution in [-0.4, -0.2) is 28.0 Å². The molecule has 0 bridgehead atoms. The van der Waals surface area contributed by atoms with Crippen LogP contribution in [0.1, 0.15) is 71.4 Å². The van der Waals surface area contributed by atoms with E-state index < -0.39 is 0 Å². The standard InChI is InChI=1S/C36H41N5S/c1-24-31(14-10-15-32(24)38-25(2)35-23-28-11-8-9-16-34(28)42-35)33-21-22-37-36(40-33)39-29-19-17-27(18-20-29)26(3)41(4)30-12-6-5-7-13-30/h10,14-15,17-23,30,38H,2-3,5-9,11-13,16H2,1,4H3,(H,37,39,40). The van der Waals surface area contributed by atoms with Crippen molar-refractivity contribution < 1.29 is 0 Å². The fourth-order valence-electron chi connectivity index (χ4n) is 6.25. The molecular weight excluding hydrogens is 534 g/mol. The van der Waals surface area contributed by atoms with Gasteiger partial charge in [0.1, 0.15) is 0 Å². The van der Waals surface area contributed by atoms with Crippen LogP contribution in [0, 0.1) is 6.92 Å². The average molecular weight is 576 g/mol. The average Bonchev–Trinajstić information content (AvgIpc) is 3.47. The number of hydrogen-bond donors (Lipinski definition) is 2. The van der Waals surface area contributed by atoms with E-state index in [9.17, 15) is 0 Å². The molecule has 2 aromatic heterocycles. The highest BCUT2D eigenvalue weighted by atomic mass is 32.1. The van der Waals surface area contributed by atoms with Crippen LogP contribution in [0.3, 0.4) is 0 Å². The normalized spacial score (nSPS) is 15.1. The molecule has 6 rings (SSSR count). The Labute approximate surface area is 254 Å². The highest BCUT2D eigenvalue weighted by Crippen LogP contribution is 2.35. The number of aryl methyl sites for hydroxylation is 2. The topological polar surface area (TPSA) is 53.1 Å². The number of rotatable bonds is 9. The van der Waals surface area contributed by atoms with Gasteiger partial charge in [0, 0.05) is 52.5 Å². The molecule has 1 saturated carbocycles. The van der Waals surface area contributed by atoms with E-state index in [-0.39, 0.29) is 0 Å². The van der Waals surface area contributed by atoms with Crippen molar-refractivity contribution >= 4 is 40.1 Å². The van der Waals surface area contributed by atoms with Crippen molar-refractivity contribution in [1.29, 1.82) is 0 Å². The van der Waals surface area contributed by atoms with Crippen LogP contribution in [0.4, 0.5) is 17.3 Å². The molecule has 0 radical (unpaired) electrons. The molecule has 2 aromatic carbocycles. The van der Waals surface area contributed by atoms with E-state index in [0.717, 1.165) is 45.2 Å². The molecule has 42 heavy (non-hydrogen) atoms. The van der Waals surface area contributed by atoms with Gasteiger partial charge in [0.05, 0.1) is 10.6 Å². The van der Waals surface area contributed by atoms with Gasteiger partial charge in [-0.1, -0.05) is 56.7 Å². The van der Waals surface area contributed by atoms with Crippen LogP contribution < -0.4 is 10.6 Å². The molecule has 2 heterocycles. The zero-order valence-corrected chi connectivity index (χ0v) is 25.7. The quantitative estimate of drug-likeness (QED) is 0.208. The van der Waals surface area contributed by atoms with Gasteiger partial charge < -0.3 is 15.5 Å². The summed E-state index contributed by atoms with van der Waals surface area (Å²) < 4.78 is 0. The summed E-state index contributed by atoms with van der Waals surface area (Å²) in [7, 11) is 2.18. The van der Waals surface area contributed by atoms with Crippen molar-refractivity contribution in [1.82, 2.24) is 14.9 Å². The van der Waals surface area contributed by atoms with E-state index in [1.807, 2.05) is 23.6 Å². The number of thiophene rings is 1. The monoisotopic (exact) mass is 575 g/mol. The maximum atomic E-state index is 4.87. The van der Waals surface area contributed by atoms with Crippen molar-refractivity contribution in [3.63, 3.8) is 0 Å². The van der Waals surface area contributed by atoms with E-state index >= 15 is 0 Å². The lowest BCUT2D eigenvalue weighted by Gasteiger charge is -2.34. The molecule has 216 valence electrons. The number of aromatic nitrogens is 2. The Morgan fingerprint density at radius 3 is 2.52 bits per heavy atom. The number of hydrogen-bond acceptors (Lipinski definition) is 6. The van der Waals surface area contributed by atoms with E-state index in [1.165, 1.54) is 73.1 Å². The Balaban J connectivity index is 1.14. The van der Waals surface area contributed by atoms with Gasteiger partial charge in [-0.25, -0.2) is 9.97 Å². The number of fused-ring (bicyclic) bond motifs is 1. The van der Waals surface area contributed by atoms with Gasteiger partial charge in [0.2, 0.25) is 5.95 Å². The molecule has 2 aliphatic carbocycles. The SMILES string of the molecule is C=C(Nc1cccc(-c2ccnc(Nc3ccc(C(=C)N(C)C4CCCCC4)cc3)n2)c1C)c1cc2c(s1)CCCC2. The number of benzene rings is 2. The molecule has 1 fully saturated rings. The fourth-order valence-corrected chi connectivity index (χ4v) is 7.43. The Morgan fingerprint density at radius 2 is 1.74 bits per heavy atom. The summed E-state index contributed by atoms with van der Waals surface area (Å²) in [5.41, 5.74) is 9.76. The summed E-state index contributed by atoms with van der Waals surface area (Å²) in [5, 5.41) is 6.98. The summed E-state index contributed by atoms with van der Waals surface area (Å²) in [6.07, 6.45) is 13.3. The van der Waals surface area contributed by atoms with Gasteiger partial charge in [-0.05, 0) is 92.5 Å². The highest BCUT2D eigenvalue weighted by Gasteiger charge is 2.20. The summed E-state index contributed by atoms with van der Waals surface area (Å²) in [4.78, 5) is 14.5. The van der Waals surface area contributed by atoms with Crippen LogP contribution in [0.15, 0.2) is 74.0 Å². The minimum Gasteiger partial charge on any atom is -0.372 e. The van der Waals surface area contributed by atoms with Gasteiger partial charge in [-0.3, -0.25) is 0 Å². The first kappa shape index (κ1) is 28.2. The van der Waals surface area contributed by atoms with Crippen LogP contribution in [0.25, 0.3) is 22.7 Å². The van der Waals surface area contributed by atoms with Crippen LogP contribution >= 0.6 is 11.3 Å². The van der Waals surface area contributed by atoms with E-state index in [2.05, 4.69) is 96.2 Å². The van der Waals surface area contributed by atoms with Crippen LogP contribution in [0.2, 0.25) is 0 Å². The predicted octanol–water partition coefficient (Wildman–Crippen LogP) is 9.45. The highest BCUT2D eigenvalue weighted by molar-refractivity contribution is 7.13. The van der Waals surface area contributed by atoms with Gasteiger partial charge in [-0.2, -0.15) is 0 Å². The molecule has 0 unspecified atom stereocenters. The van der Waals surface area contributed by atoms with E-state index in [4.69, 9.17) is 4.98 Å². The lowest BCUT2D eigenvalue weighted by molar-refractivity contribution is 0.267. The van der Waals surface area contributed by atoms with Crippen molar-refractivity contribution in [3.8, 4) is 11.3 Å². The largest absolute Gasteiger partial charge is 0.372 e. The smallest absolute Gasteiger partial charge is 0.227 e. The second-order valence-electron chi connectivity index (χ2n) is 11.7. The molecule has 0 saturated heterocycles. The van der Waals surface area contributed by atoms with E-state index in [1.54, 1.807) is 0 Å². The minimum atomic E-state index is 0.574. The van der Waals surface area contributed by atoms with Gasteiger partial charge in [-0.15, -0.1) is 11.3 Å². The predicted molar refractivity (Wildman–Crippen MR) is 179 cm³/mol. The maximum absolute atomic E-state index is 4.87. The second kappa shape index (κ2) is 12.5. The van der Waals surface area contributed by atoms with Crippen molar-refractivity contribution in [2.75, 3.05) is 17.7 Å². The zero-order valence-electron chi connectivity index (χ0n) is 24.9. The lowest BCUT2D eigenvalue weighted by atomic mass is 9.93. The fraction of sp³-hybridized carbons (Fsp3) is 0.333. The minimum absolute atomic E-state index is 0.574. The third-order valence-corrected chi connectivity index (χ3v) is 10.2. The Morgan fingerprint density at radius 1 is 0.952 bits per heavy atom. The molecule has 5 nitrogen and oxygen atoms in total. The molecule has 0 spiro atoms. The third kappa shape index (κ3) is 6.14. The Hall–Kier alpha value is -3.90. The molecule has 4 aromatic rings. The molecule has 2 aliphatic rings. The summed E-state index contributed by atoms with van der Waals surface area (Å²) in [5.74, 6) is 0.574. The number of anilines is 3. The van der Waals surface area contributed by atoms with Crippen molar-refractivity contribution in [3.05, 3.63) is 100 Å². The van der Waals surface area contributed by atoms with Gasteiger partial charge in [0.25, 0.3) is 0 Å². The first-order valence-corrected chi connectivity index (χ1v) is 16.1.